The van der Waals surface area contributed by atoms with E-state index in [2.05, 4.69) is 13.8 Å². The molecular formula is C20H40N2O2. The summed E-state index contributed by atoms with van der Waals surface area (Å²) in [4.78, 5) is 22.3. The fourth-order valence-corrected chi connectivity index (χ4v) is 3.33. The molecule has 0 rings (SSSR count). The second-order valence-electron chi connectivity index (χ2n) is 7.18. The van der Waals surface area contributed by atoms with Gasteiger partial charge in [0.05, 0.1) is 0 Å². The number of hydrogen-bond donors (Lipinski definition) is 2. The van der Waals surface area contributed by atoms with Crippen molar-refractivity contribution in [1.82, 2.24) is 0 Å². The van der Waals surface area contributed by atoms with Crippen molar-refractivity contribution in [3.8, 4) is 0 Å². The molecule has 0 saturated carbocycles. The molecular weight excluding hydrogens is 300 g/mol. The van der Waals surface area contributed by atoms with E-state index in [0.29, 0.717) is 6.42 Å². The Bertz CT molecular complexity index is 318. The van der Waals surface area contributed by atoms with Crippen LogP contribution < -0.4 is 11.5 Å². The fraction of sp³-hybridized carbons (Fsp3) is 0.900. The molecule has 0 aromatic rings. The number of rotatable bonds is 17. The maximum absolute atomic E-state index is 11.1. The minimum Gasteiger partial charge on any atom is -0.369 e. The molecule has 1 unspecified atom stereocenters. The molecule has 2 amide bonds. The van der Waals surface area contributed by atoms with Gasteiger partial charge < -0.3 is 11.5 Å². The molecule has 0 fully saturated rings. The van der Waals surface area contributed by atoms with E-state index in [1.807, 2.05) is 0 Å². The molecule has 1 atom stereocenters. The lowest BCUT2D eigenvalue weighted by Gasteiger charge is -2.15. The molecule has 4 N–H and O–H groups in total. The number of unbranched alkanes of at least 4 members (excludes halogenated alkanes) is 8. The maximum Gasteiger partial charge on any atom is 0.229 e. The Labute approximate surface area is 149 Å². The van der Waals surface area contributed by atoms with E-state index < -0.39 is 17.7 Å². The zero-order valence-electron chi connectivity index (χ0n) is 16.0. The van der Waals surface area contributed by atoms with Gasteiger partial charge >= 0.3 is 0 Å². The van der Waals surface area contributed by atoms with Crippen LogP contribution in [-0.2, 0) is 9.59 Å². The molecule has 0 aliphatic rings. The molecule has 0 bridgehead atoms. The quantitative estimate of drug-likeness (QED) is 0.297. The van der Waals surface area contributed by atoms with Gasteiger partial charge in [-0.1, -0.05) is 97.3 Å². The lowest BCUT2D eigenvalue weighted by Crippen LogP contribution is -2.34. The van der Waals surface area contributed by atoms with Gasteiger partial charge in [0, 0.05) is 0 Å². The van der Waals surface area contributed by atoms with Crippen LogP contribution in [0.25, 0.3) is 0 Å². The van der Waals surface area contributed by atoms with Crippen LogP contribution >= 0.6 is 0 Å². The third kappa shape index (κ3) is 12.4. The van der Waals surface area contributed by atoms with Crippen molar-refractivity contribution in [1.29, 1.82) is 0 Å². The van der Waals surface area contributed by atoms with Gasteiger partial charge in [-0.05, 0) is 12.3 Å². The van der Waals surface area contributed by atoms with Crippen LogP contribution in [0.4, 0.5) is 0 Å². The van der Waals surface area contributed by atoms with Crippen molar-refractivity contribution in [2.75, 3.05) is 0 Å². The molecule has 4 nitrogen and oxygen atoms in total. The molecule has 4 heteroatoms. The van der Waals surface area contributed by atoms with Crippen molar-refractivity contribution in [2.24, 2.45) is 23.3 Å². The predicted molar refractivity (Wildman–Crippen MR) is 101 cm³/mol. The molecule has 142 valence electrons. The van der Waals surface area contributed by atoms with Gasteiger partial charge in [0.2, 0.25) is 11.8 Å². The molecule has 0 aromatic carbocycles. The summed E-state index contributed by atoms with van der Waals surface area (Å²) in [5.74, 6) is -1.20. The lowest BCUT2D eigenvalue weighted by molar-refractivity contribution is -0.131. The van der Waals surface area contributed by atoms with Gasteiger partial charge in [-0.3, -0.25) is 9.59 Å². The zero-order valence-corrected chi connectivity index (χ0v) is 16.0. The van der Waals surface area contributed by atoms with Crippen molar-refractivity contribution in [2.45, 2.75) is 104 Å². The van der Waals surface area contributed by atoms with Crippen molar-refractivity contribution >= 4 is 11.8 Å². The van der Waals surface area contributed by atoms with Crippen molar-refractivity contribution in [3.05, 3.63) is 0 Å². The largest absolute Gasteiger partial charge is 0.369 e. The smallest absolute Gasteiger partial charge is 0.229 e. The summed E-state index contributed by atoms with van der Waals surface area (Å²) < 4.78 is 0. The Morgan fingerprint density at radius 3 is 1.54 bits per heavy atom. The average molecular weight is 341 g/mol. The van der Waals surface area contributed by atoms with Crippen LogP contribution in [-0.4, -0.2) is 11.8 Å². The second-order valence-corrected chi connectivity index (χ2v) is 7.18. The first-order valence-corrected chi connectivity index (χ1v) is 10.1. The Hall–Kier alpha value is -1.06. The molecule has 0 spiro atoms. The standard InChI is InChI=1S/C20H40N2O2/c1-3-5-6-7-8-9-10-11-14-17(4-2)15-12-13-16-18(19(21)23)20(22)24/h17-18H,3-16H2,1-2H3,(H2,21,23)(H2,22,24). The number of carbonyl (C=O) groups is 2. The van der Waals surface area contributed by atoms with Gasteiger partial charge in [-0.25, -0.2) is 0 Å². The number of hydrogen-bond acceptors (Lipinski definition) is 2. The third-order valence-corrected chi connectivity index (χ3v) is 5.09. The van der Waals surface area contributed by atoms with Crippen LogP contribution in [0, 0.1) is 11.8 Å². The monoisotopic (exact) mass is 340 g/mol. The van der Waals surface area contributed by atoms with Gasteiger partial charge in [0.1, 0.15) is 5.92 Å². The van der Waals surface area contributed by atoms with E-state index in [1.54, 1.807) is 0 Å². The molecule has 0 aliphatic heterocycles. The summed E-state index contributed by atoms with van der Waals surface area (Å²) in [5, 5.41) is 0. The van der Waals surface area contributed by atoms with Crippen LogP contribution in [0.15, 0.2) is 0 Å². The predicted octanol–water partition coefficient (Wildman–Crippen LogP) is 4.69. The Balaban J connectivity index is 3.66. The number of nitrogens with two attached hydrogens (primary N) is 2. The summed E-state index contributed by atoms with van der Waals surface area (Å²) in [6, 6.07) is 0. The third-order valence-electron chi connectivity index (χ3n) is 5.09. The van der Waals surface area contributed by atoms with Gasteiger partial charge in [-0.2, -0.15) is 0 Å². The lowest BCUT2D eigenvalue weighted by atomic mass is 9.91. The highest BCUT2D eigenvalue weighted by Crippen LogP contribution is 2.22. The van der Waals surface area contributed by atoms with E-state index in [0.717, 1.165) is 18.8 Å². The second kappa shape index (κ2) is 15.5. The SMILES string of the molecule is CCCCCCCCCCC(CC)CCCCC(C(N)=O)C(N)=O. The fourth-order valence-electron chi connectivity index (χ4n) is 3.33. The van der Waals surface area contributed by atoms with E-state index in [4.69, 9.17) is 11.5 Å². The number of primary amides is 2. The molecule has 24 heavy (non-hydrogen) atoms. The topological polar surface area (TPSA) is 86.2 Å². The van der Waals surface area contributed by atoms with Gasteiger partial charge in [-0.15, -0.1) is 0 Å². The molecule has 0 saturated heterocycles. The molecule has 0 aliphatic carbocycles. The first-order chi connectivity index (χ1) is 11.5. The van der Waals surface area contributed by atoms with Crippen molar-refractivity contribution in [3.63, 3.8) is 0 Å². The van der Waals surface area contributed by atoms with Crippen LogP contribution in [0.5, 0.6) is 0 Å². The normalized spacial score (nSPS) is 12.5. The molecule has 0 radical (unpaired) electrons. The zero-order chi connectivity index (χ0) is 18.2. The molecule has 0 heterocycles. The summed E-state index contributed by atoms with van der Waals surface area (Å²) in [6.45, 7) is 4.51. The summed E-state index contributed by atoms with van der Waals surface area (Å²) in [5.41, 5.74) is 10.4. The van der Waals surface area contributed by atoms with Crippen LogP contribution in [0.2, 0.25) is 0 Å². The highest BCUT2D eigenvalue weighted by molar-refractivity contribution is 5.98. The number of carbonyl (C=O) groups excluding carboxylic acids is 2. The summed E-state index contributed by atoms with van der Waals surface area (Å²) >= 11 is 0. The first kappa shape index (κ1) is 22.9. The van der Waals surface area contributed by atoms with Gasteiger partial charge in [0.25, 0.3) is 0 Å². The Morgan fingerprint density at radius 1 is 0.667 bits per heavy atom. The van der Waals surface area contributed by atoms with Crippen LogP contribution in [0.1, 0.15) is 104 Å². The highest BCUT2D eigenvalue weighted by atomic mass is 16.2. The number of amides is 2. The van der Waals surface area contributed by atoms with Gasteiger partial charge in [0.15, 0.2) is 0 Å². The van der Waals surface area contributed by atoms with E-state index in [1.165, 1.54) is 70.6 Å². The van der Waals surface area contributed by atoms with Crippen molar-refractivity contribution < 1.29 is 9.59 Å². The minimum atomic E-state index is -0.794. The minimum absolute atomic E-state index is 0.499. The Kier molecular flexibility index (Phi) is 14.8. The van der Waals surface area contributed by atoms with E-state index in [9.17, 15) is 9.59 Å². The first-order valence-electron chi connectivity index (χ1n) is 10.1. The van der Waals surface area contributed by atoms with E-state index in [-0.39, 0.29) is 0 Å². The Morgan fingerprint density at radius 2 is 1.08 bits per heavy atom. The maximum atomic E-state index is 11.1. The summed E-state index contributed by atoms with van der Waals surface area (Å²) in [6.07, 6.45) is 17.0. The molecule has 0 aromatic heterocycles. The van der Waals surface area contributed by atoms with E-state index >= 15 is 0 Å². The summed E-state index contributed by atoms with van der Waals surface area (Å²) in [7, 11) is 0. The highest BCUT2D eigenvalue weighted by Gasteiger charge is 2.20. The average Bonchev–Trinajstić information content (AvgIpc) is 2.54. The van der Waals surface area contributed by atoms with Crippen LogP contribution in [0.3, 0.4) is 0 Å².